The Morgan fingerprint density at radius 2 is 1.74 bits per heavy atom. The SMILES string of the molecule is Cc1ccc(N(C)S(=O)(=O)c2ccc3c(c2)OCC(C(=O)N2CCCCC2)O3)cc1C. The third-order valence-corrected chi connectivity index (χ3v) is 7.81. The lowest BCUT2D eigenvalue weighted by molar-refractivity contribution is -0.142. The van der Waals surface area contributed by atoms with Crippen LogP contribution < -0.4 is 13.8 Å². The molecule has 1 atom stereocenters. The summed E-state index contributed by atoms with van der Waals surface area (Å²) in [4.78, 5) is 14.6. The monoisotopic (exact) mass is 444 g/mol. The summed E-state index contributed by atoms with van der Waals surface area (Å²) >= 11 is 0. The lowest BCUT2D eigenvalue weighted by atomic mass is 10.1. The number of likely N-dealkylation sites (tertiary alicyclic amines) is 1. The molecule has 1 fully saturated rings. The fourth-order valence-corrected chi connectivity index (χ4v) is 5.07. The van der Waals surface area contributed by atoms with Gasteiger partial charge in [-0.15, -0.1) is 0 Å². The van der Waals surface area contributed by atoms with Crippen molar-refractivity contribution in [1.29, 1.82) is 0 Å². The highest BCUT2D eigenvalue weighted by Gasteiger charge is 2.33. The number of nitrogens with zero attached hydrogens (tertiary/aromatic N) is 2. The Bertz CT molecular complexity index is 1090. The molecule has 2 aromatic carbocycles. The third kappa shape index (κ3) is 4.21. The third-order valence-electron chi connectivity index (χ3n) is 6.03. The zero-order chi connectivity index (χ0) is 22.2. The Morgan fingerprint density at radius 1 is 1.00 bits per heavy atom. The van der Waals surface area contributed by atoms with Crippen molar-refractivity contribution < 1.29 is 22.7 Å². The lowest BCUT2D eigenvalue weighted by Crippen LogP contribution is -2.48. The molecule has 31 heavy (non-hydrogen) atoms. The van der Waals surface area contributed by atoms with Crippen LogP contribution in [0.2, 0.25) is 0 Å². The van der Waals surface area contributed by atoms with Gasteiger partial charge in [-0.05, 0) is 68.5 Å². The number of fused-ring (bicyclic) bond motifs is 1. The average molecular weight is 445 g/mol. The summed E-state index contributed by atoms with van der Waals surface area (Å²) in [5, 5.41) is 0. The summed E-state index contributed by atoms with van der Waals surface area (Å²) in [6.45, 7) is 5.49. The highest BCUT2D eigenvalue weighted by atomic mass is 32.2. The molecule has 1 amide bonds. The van der Waals surface area contributed by atoms with Crippen molar-refractivity contribution in [2.24, 2.45) is 0 Å². The molecular weight excluding hydrogens is 416 g/mol. The van der Waals surface area contributed by atoms with E-state index in [2.05, 4.69) is 0 Å². The lowest BCUT2D eigenvalue weighted by Gasteiger charge is -2.32. The second-order valence-electron chi connectivity index (χ2n) is 8.15. The summed E-state index contributed by atoms with van der Waals surface area (Å²) in [7, 11) is -2.25. The minimum absolute atomic E-state index is 0.0683. The first-order chi connectivity index (χ1) is 14.8. The van der Waals surface area contributed by atoms with Crippen LogP contribution in [0.3, 0.4) is 0 Å². The highest BCUT2D eigenvalue weighted by molar-refractivity contribution is 7.92. The minimum atomic E-state index is -3.78. The molecule has 2 aliphatic rings. The van der Waals surface area contributed by atoms with Crippen molar-refractivity contribution in [3.63, 3.8) is 0 Å². The number of hydrogen-bond acceptors (Lipinski definition) is 5. The van der Waals surface area contributed by atoms with Crippen LogP contribution in [-0.4, -0.2) is 52.1 Å². The molecule has 166 valence electrons. The zero-order valence-corrected chi connectivity index (χ0v) is 18.9. The van der Waals surface area contributed by atoms with E-state index in [1.807, 2.05) is 30.9 Å². The van der Waals surface area contributed by atoms with E-state index in [-0.39, 0.29) is 17.4 Å². The predicted molar refractivity (Wildman–Crippen MR) is 118 cm³/mol. The van der Waals surface area contributed by atoms with Crippen molar-refractivity contribution in [1.82, 2.24) is 4.90 Å². The highest BCUT2D eigenvalue weighted by Crippen LogP contribution is 2.36. The predicted octanol–water partition coefficient (Wildman–Crippen LogP) is 3.28. The maximum absolute atomic E-state index is 13.2. The molecule has 2 aliphatic heterocycles. The van der Waals surface area contributed by atoms with Gasteiger partial charge in [0.25, 0.3) is 15.9 Å². The molecule has 7 nitrogen and oxygen atoms in total. The molecule has 0 saturated carbocycles. The number of benzene rings is 2. The minimum Gasteiger partial charge on any atom is -0.485 e. The van der Waals surface area contributed by atoms with Crippen LogP contribution in [0.4, 0.5) is 5.69 Å². The quantitative estimate of drug-likeness (QED) is 0.723. The Morgan fingerprint density at radius 3 is 2.45 bits per heavy atom. The molecule has 8 heteroatoms. The molecule has 1 unspecified atom stereocenters. The van der Waals surface area contributed by atoms with Gasteiger partial charge in [0.2, 0.25) is 6.10 Å². The zero-order valence-electron chi connectivity index (χ0n) is 18.1. The molecule has 0 bridgehead atoms. The maximum Gasteiger partial charge on any atom is 0.267 e. The van der Waals surface area contributed by atoms with Gasteiger partial charge >= 0.3 is 0 Å². The van der Waals surface area contributed by atoms with E-state index in [9.17, 15) is 13.2 Å². The summed E-state index contributed by atoms with van der Waals surface area (Å²) in [5.41, 5.74) is 2.71. The number of sulfonamides is 1. The normalized spacial score (nSPS) is 18.5. The number of carbonyl (C=O) groups is 1. The summed E-state index contributed by atoms with van der Waals surface area (Å²) < 4.78 is 39.2. The van der Waals surface area contributed by atoms with E-state index >= 15 is 0 Å². The van der Waals surface area contributed by atoms with Crippen molar-refractivity contribution in [3.05, 3.63) is 47.5 Å². The van der Waals surface area contributed by atoms with Crippen molar-refractivity contribution >= 4 is 21.6 Å². The largest absolute Gasteiger partial charge is 0.485 e. The van der Waals surface area contributed by atoms with Crippen molar-refractivity contribution in [2.45, 2.75) is 44.1 Å². The molecule has 0 aromatic heterocycles. The van der Waals surface area contributed by atoms with Gasteiger partial charge in [-0.2, -0.15) is 0 Å². The van der Waals surface area contributed by atoms with Crippen molar-refractivity contribution in [3.8, 4) is 11.5 Å². The molecule has 1 saturated heterocycles. The Hall–Kier alpha value is -2.74. The average Bonchev–Trinajstić information content (AvgIpc) is 2.79. The van der Waals surface area contributed by atoms with Gasteiger partial charge in [-0.1, -0.05) is 6.07 Å². The van der Waals surface area contributed by atoms with Crippen LogP contribution in [0.5, 0.6) is 11.5 Å². The van der Waals surface area contributed by atoms with Gasteiger partial charge in [-0.25, -0.2) is 8.42 Å². The molecule has 0 spiro atoms. The van der Waals surface area contributed by atoms with Crippen molar-refractivity contribution in [2.75, 3.05) is 31.0 Å². The van der Waals surface area contributed by atoms with Crippen LogP contribution in [-0.2, 0) is 14.8 Å². The van der Waals surface area contributed by atoms with E-state index in [1.165, 1.54) is 23.5 Å². The number of carbonyl (C=O) groups excluding carboxylic acids is 1. The van der Waals surface area contributed by atoms with Gasteiger partial charge in [0.1, 0.15) is 6.61 Å². The molecular formula is C23H28N2O5S. The first kappa shape index (κ1) is 21.5. The maximum atomic E-state index is 13.2. The standard InChI is InChI=1S/C23H28N2O5S/c1-16-7-8-18(13-17(16)2)24(3)31(27,28)19-9-10-20-21(14-19)29-15-22(30-20)23(26)25-11-5-4-6-12-25/h7-10,13-14,22H,4-6,11-12,15H2,1-3H3. The summed E-state index contributed by atoms with van der Waals surface area (Å²) in [6.07, 6.45) is 2.45. The van der Waals surface area contributed by atoms with E-state index in [0.29, 0.717) is 17.2 Å². The van der Waals surface area contributed by atoms with Gasteiger partial charge < -0.3 is 14.4 Å². The van der Waals surface area contributed by atoms with Crippen LogP contribution in [0.1, 0.15) is 30.4 Å². The van der Waals surface area contributed by atoms with Crippen LogP contribution >= 0.6 is 0 Å². The van der Waals surface area contributed by atoms with E-state index in [0.717, 1.165) is 43.5 Å². The molecule has 2 heterocycles. The number of hydrogen-bond donors (Lipinski definition) is 0. The Balaban J connectivity index is 1.53. The Labute approximate surface area is 183 Å². The second kappa shape index (κ2) is 8.42. The van der Waals surface area contributed by atoms with Gasteiger partial charge in [0, 0.05) is 26.2 Å². The fourth-order valence-electron chi connectivity index (χ4n) is 3.87. The van der Waals surface area contributed by atoms with Crippen LogP contribution in [0.15, 0.2) is 41.3 Å². The molecule has 0 N–H and O–H groups in total. The topological polar surface area (TPSA) is 76.2 Å². The fraction of sp³-hybridized carbons (Fsp3) is 0.435. The number of rotatable bonds is 4. The van der Waals surface area contributed by atoms with E-state index < -0.39 is 16.1 Å². The molecule has 0 aliphatic carbocycles. The first-order valence-corrected chi connectivity index (χ1v) is 12.0. The van der Waals surface area contributed by atoms with E-state index in [4.69, 9.17) is 9.47 Å². The number of aryl methyl sites for hydroxylation is 2. The van der Waals surface area contributed by atoms with Crippen LogP contribution in [0, 0.1) is 13.8 Å². The number of amides is 1. The van der Waals surface area contributed by atoms with Crippen LogP contribution in [0.25, 0.3) is 0 Å². The number of piperidine rings is 1. The van der Waals surface area contributed by atoms with Gasteiger partial charge in [0.15, 0.2) is 11.5 Å². The van der Waals surface area contributed by atoms with Gasteiger partial charge in [-0.3, -0.25) is 9.10 Å². The van der Waals surface area contributed by atoms with Gasteiger partial charge in [0.05, 0.1) is 10.6 Å². The molecule has 2 aromatic rings. The number of ether oxygens (including phenoxy) is 2. The molecule has 4 rings (SSSR count). The summed E-state index contributed by atoms with van der Waals surface area (Å²) in [6, 6.07) is 10.1. The first-order valence-electron chi connectivity index (χ1n) is 10.6. The number of anilines is 1. The second-order valence-corrected chi connectivity index (χ2v) is 10.1. The smallest absolute Gasteiger partial charge is 0.267 e. The van der Waals surface area contributed by atoms with E-state index in [1.54, 1.807) is 12.1 Å². The molecule has 0 radical (unpaired) electrons. The Kier molecular flexibility index (Phi) is 5.83. The summed E-state index contributed by atoms with van der Waals surface area (Å²) in [5.74, 6) is 0.642.